The third-order valence-corrected chi connectivity index (χ3v) is 2.81. The van der Waals surface area contributed by atoms with Crippen LogP contribution in [0.5, 0.6) is 0 Å². The number of aromatic nitrogens is 1. The van der Waals surface area contributed by atoms with Gasteiger partial charge in [-0.25, -0.2) is 26.9 Å². The number of hydrogen-bond acceptors (Lipinski definition) is 2. The van der Waals surface area contributed by atoms with Crippen LogP contribution in [0, 0.1) is 29.1 Å². The highest BCUT2D eigenvalue weighted by Crippen LogP contribution is 2.33. The average molecular weight is 310 g/mol. The summed E-state index contributed by atoms with van der Waals surface area (Å²) in [5, 5.41) is 8.99. The lowest BCUT2D eigenvalue weighted by Gasteiger charge is -2.11. The van der Waals surface area contributed by atoms with Crippen LogP contribution in [0.4, 0.5) is 22.0 Å². The van der Waals surface area contributed by atoms with Crippen molar-refractivity contribution in [3.63, 3.8) is 0 Å². The van der Waals surface area contributed by atoms with Crippen LogP contribution in [-0.2, 0) is 6.61 Å². The van der Waals surface area contributed by atoms with Gasteiger partial charge < -0.3 is 5.11 Å². The van der Waals surface area contributed by atoms with Crippen molar-refractivity contribution < 1.29 is 27.1 Å². The van der Waals surface area contributed by atoms with Gasteiger partial charge in [0.2, 0.25) is 5.82 Å². The summed E-state index contributed by atoms with van der Waals surface area (Å²) in [6, 6.07) is 1.06. The Labute approximate surface area is 114 Å². The smallest absolute Gasteiger partial charge is 0.200 e. The molecule has 0 saturated carbocycles. The van der Waals surface area contributed by atoms with Gasteiger partial charge in [-0.2, -0.15) is 0 Å². The number of benzene rings is 1. The van der Waals surface area contributed by atoms with Crippen molar-refractivity contribution in [3.05, 3.63) is 52.1 Å². The Bertz CT molecular complexity index is 663. The molecular weight excluding hydrogens is 305 g/mol. The first-order valence-corrected chi connectivity index (χ1v) is 5.53. The first-order chi connectivity index (χ1) is 9.38. The number of nitrogens with zero attached hydrogens (tertiary/aromatic N) is 1. The number of pyridine rings is 1. The summed E-state index contributed by atoms with van der Waals surface area (Å²) in [5.74, 6) is -10.4. The van der Waals surface area contributed by atoms with Crippen LogP contribution < -0.4 is 0 Å². The van der Waals surface area contributed by atoms with Crippen molar-refractivity contribution in [2.75, 3.05) is 0 Å². The van der Waals surface area contributed by atoms with Crippen LogP contribution in [0.1, 0.15) is 5.56 Å². The molecule has 0 radical (unpaired) electrons. The Morgan fingerprint density at radius 1 is 0.950 bits per heavy atom. The predicted molar refractivity (Wildman–Crippen MR) is 60.4 cm³/mol. The molecule has 0 atom stereocenters. The van der Waals surface area contributed by atoms with Gasteiger partial charge in [0.05, 0.1) is 12.2 Å². The standard InChI is InChI=1S/C12H5ClF5NO/c13-6-1-4(3-20)5(2-19-6)7-8(14)10(16)12(18)11(17)9(7)15/h1-2,20H,3H2. The van der Waals surface area contributed by atoms with E-state index >= 15 is 0 Å². The van der Waals surface area contributed by atoms with E-state index in [0.29, 0.717) is 0 Å². The van der Waals surface area contributed by atoms with Crippen LogP contribution in [0.25, 0.3) is 11.1 Å². The Morgan fingerprint density at radius 2 is 1.45 bits per heavy atom. The molecule has 1 aromatic heterocycles. The molecule has 0 amide bonds. The number of halogens is 6. The molecule has 20 heavy (non-hydrogen) atoms. The van der Waals surface area contributed by atoms with Gasteiger partial charge in [0.1, 0.15) is 5.15 Å². The van der Waals surface area contributed by atoms with E-state index in [2.05, 4.69) is 4.98 Å². The summed E-state index contributed by atoms with van der Waals surface area (Å²) in [7, 11) is 0. The van der Waals surface area contributed by atoms with Crippen molar-refractivity contribution in [2.45, 2.75) is 6.61 Å². The van der Waals surface area contributed by atoms with E-state index in [1.165, 1.54) is 0 Å². The van der Waals surface area contributed by atoms with E-state index in [4.69, 9.17) is 16.7 Å². The Kier molecular flexibility index (Phi) is 3.92. The summed E-state index contributed by atoms with van der Waals surface area (Å²) in [6.45, 7) is -0.711. The fraction of sp³-hybridized carbons (Fsp3) is 0.0833. The monoisotopic (exact) mass is 309 g/mol. The molecule has 1 N–H and O–H groups in total. The third kappa shape index (κ3) is 2.23. The molecule has 0 aliphatic rings. The average Bonchev–Trinajstić information content (AvgIpc) is 2.44. The molecule has 1 heterocycles. The maximum absolute atomic E-state index is 13.6. The van der Waals surface area contributed by atoms with Crippen LogP contribution in [0.2, 0.25) is 5.15 Å². The van der Waals surface area contributed by atoms with E-state index in [1.807, 2.05) is 0 Å². The second kappa shape index (κ2) is 5.34. The highest BCUT2D eigenvalue weighted by Gasteiger charge is 2.27. The van der Waals surface area contributed by atoms with Gasteiger partial charge in [-0.1, -0.05) is 11.6 Å². The first-order valence-electron chi connectivity index (χ1n) is 5.15. The van der Waals surface area contributed by atoms with Crippen molar-refractivity contribution in [1.29, 1.82) is 0 Å². The Morgan fingerprint density at radius 3 is 1.95 bits per heavy atom. The Hall–Kier alpha value is -1.73. The van der Waals surface area contributed by atoms with Crippen molar-refractivity contribution >= 4 is 11.6 Å². The molecule has 1 aromatic carbocycles. The highest BCUT2D eigenvalue weighted by molar-refractivity contribution is 6.29. The molecule has 0 bridgehead atoms. The van der Waals surface area contributed by atoms with Gasteiger partial charge in [0.25, 0.3) is 0 Å². The van der Waals surface area contributed by atoms with Gasteiger partial charge in [-0.05, 0) is 11.6 Å². The maximum Gasteiger partial charge on any atom is 0.200 e. The molecule has 0 aliphatic heterocycles. The quantitative estimate of drug-likeness (QED) is 0.398. The topological polar surface area (TPSA) is 33.1 Å². The number of aliphatic hydroxyl groups excluding tert-OH is 1. The number of aliphatic hydroxyl groups is 1. The van der Waals surface area contributed by atoms with E-state index in [1.54, 1.807) is 0 Å². The SMILES string of the molecule is OCc1cc(Cl)ncc1-c1c(F)c(F)c(F)c(F)c1F. The molecular formula is C12H5ClF5NO. The molecule has 106 valence electrons. The molecule has 0 saturated heterocycles. The lowest BCUT2D eigenvalue weighted by Crippen LogP contribution is -2.05. The maximum atomic E-state index is 13.6. The molecule has 2 aromatic rings. The van der Waals surface area contributed by atoms with Gasteiger partial charge >= 0.3 is 0 Å². The lowest BCUT2D eigenvalue weighted by atomic mass is 10.0. The zero-order valence-electron chi connectivity index (χ0n) is 9.52. The van der Waals surface area contributed by atoms with Gasteiger partial charge in [0.15, 0.2) is 23.3 Å². The second-order valence-electron chi connectivity index (χ2n) is 3.77. The minimum absolute atomic E-state index is 0.0957. The first kappa shape index (κ1) is 14.7. The fourth-order valence-electron chi connectivity index (χ4n) is 1.67. The van der Waals surface area contributed by atoms with Crippen molar-refractivity contribution in [1.82, 2.24) is 4.98 Å². The molecule has 2 nitrogen and oxygen atoms in total. The zero-order valence-corrected chi connectivity index (χ0v) is 10.3. The van der Waals surface area contributed by atoms with Crippen LogP contribution >= 0.6 is 11.6 Å². The van der Waals surface area contributed by atoms with Gasteiger partial charge in [-0.15, -0.1) is 0 Å². The third-order valence-electron chi connectivity index (χ3n) is 2.61. The van der Waals surface area contributed by atoms with Crippen LogP contribution in [0.15, 0.2) is 12.3 Å². The molecule has 2 rings (SSSR count). The molecule has 0 fully saturated rings. The van der Waals surface area contributed by atoms with Crippen LogP contribution in [-0.4, -0.2) is 10.1 Å². The van der Waals surface area contributed by atoms with Gasteiger partial charge in [0, 0.05) is 11.8 Å². The summed E-state index contributed by atoms with van der Waals surface area (Å²) in [6.07, 6.45) is 0.826. The van der Waals surface area contributed by atoms with Crippen LogP contribution in [0.3, 0.4) is 0 Å². The van der Waals surface area contributed by atoms with E-state index < -0.39 is 46.8 Å². The minimum Gasteiger partial charge on any atom is -0.392 e. The number of hydrogen-bond donors (Lipinski definition) is 1. The molecule has 0 aliphatic carbocycles. The van der Waals surface area contributed by atoms with E-state index in [9.17, 15) is 22.0 Å². The second-order valence-corrected chi connectivity index (χ2v) is 4.15. The summed E-state index contributed by atoms with van der Waals surface area (Å²) >= 11 is 5.53. The number of rotatable bonds is 2. The Balaban J connectivity index is 2.83. The summed E-state index contributed by atoms with van der Waals surface area (Å²) < 4.78 is 66.5. The lowest BCUT2D eigenvalue weighted by molar-refractivity contribution is 0.282. The zero-order chi connectivity index (χ0) is 15.0. The largest absolute Gasteiger partial charge is 0.392 e. The summed E-state index contributed by atoms with van der Waals surface area (Å²) in [5.41, 5.74) is -1.70. The fourth-order valence-corrected chi connectivity index (χ4v) is 1.85. The molecule has 0 unspecified atom stereocenters. The minimum atomic E-state index is -2.25. The van der Waals surface area contributed by atoms with Gasteiger partial charge in [-0.3, -0.25) is 0 Å². The normalized spacial score (nSPS) is 10.9. The van der Waals surface area contributed by atoms with Crippen molar-refractivity contribution in [3.8, 4) is 11.1 Å². The molecule has 0 spiro atoms. The summed E-state index contributed by atoms with van der Waals surface area (Å²) in [4.78, 5) is 3.51. The highest BCUT2D eigenvalue weighted by atomic mass is 35.5. The molecule has 8 heteroatoms. The predicted octanol–water partition coefficient (Wildman–Crippen LogP) is 3.59. The van der Waals surface area contributed by atoms with E-state index in [0.717, 1.165) is 12.3 Å². The van der Waals surface area contributed by atoms with Crippen molar-refractivity contribution in [2.24, 2.45) is 0 Å². The van der Waals surface area contributed by atoms with E-state index in [-0.39, 0.29) is 10.7 Å².